The third-order valence-corrected chi connectivity index (χ3v) is 5.93. The van der Waals surface area contributed by atoms with E-state index >= 15 is 0 Å². The number of imidazole rings is 1. The molecule has 0 fully saturated rings. The summed E-state index contributed by atoms with van der Waals surface area (Å²) in [5.74, 6) is 0.648. The van der Waals surface area contributed by atoms with Gasteiger partial charge in [0.05, 0.1) is 6.54 Å². The van der Waals surface area contributed by atoms with E-state index in [4.69, 9.17) is 16.3 Å². The zero-order valence-corrected chi connectivity index (χ0v) is 18.8. The highest BCUT2D eigenvalue weighted by Gasteiger charge is 2.22. The van der Waals surface area contributed by atoms with Gasteiger partial charge >= 0.3 is 11.7 Å². The Bertz CT molecular complexity index is 1450. The van der Waals surface area contributed by atoms with E-state index in [1.54, 1.807) is 17.7 Å². The minimum atomic E-state index is -0.450. The Hall–Kier alpha value is -3.32. The molecule has 0 amide bonds. The van der Waals surface area contributed by atoms with Gasteiger partial charge in [-0.15, -0.1) is 0 Å². The Kier molecular flexibility index (Phi) is 5.23. The lowest BCUT2D eigenvalue weighted by molar-refractivity contribution is 0.417. The quantitative estimate of drug-likeness (QED) is 0.485. The standard InChI is InChI=1S/C23H23ClN4O3/c1-13-10-14(2)15(3)18(11-13)31-22-25-20-19(21(29)27(5)23(30)26(20)4)28(22)12-16-8-6-7-9-17(16)24/h6-11H,12H2,1-5H3. The number of hydrogen-bond acceptors (Lipinski definition) is 4. The summed E-state index contributed by atoms with van der Waals surface area (Å²) in [5, 5.41) is 0.569. The summed E-state index contributed by atoms with van der Waals surface area (Å²) < 4.78 is 10.3. The average Bonchev–Trinajstić information content (AvgIpc) is 3.08. The monoisotopic (exact) mass is 438 g/mol. The summed E-state index contributed by atoms with van der Waals surface area (Å²) in [6.07, 6.45) is 0. The van der Waals surface area contributed by atoms with Crippen LogP contribution in [0.3, 0.4) is 0 Å². The van der Waals surface area contributed by atoms with Gasteiger partial charge in [0.1, 0.15) is 5.75 Å². The van der Waals surface area contributed by atoms with Crippen molar-refractivity contribution in [3.8, 4) is 11.8 Å². The maximum absolute atomic E-state index is 13.0. The summed E-state index contributed by atoms with van der Waals surface area (Å²) in [4.78, 5) is 30.0. The highest BCUT2D eigenvalue weighted by Crippen LogP contribution is 2.30. The second-order valence-electron chi connectivity index (χ2n) is 7.76. The van der Waals surface area contributed by atoms with Crippen LogP contribution in [-0.2, 0) is 20.6 Å². The molecule has 0 unspecified atom stereocenters. The summed E-state index contributed by atoms with van der Waals surface area (Å²) in [5.41, 5.74) is 3.57. The van der Waals surface area contributed by atoms with E-state index in [1.807, 2.05) is 45.0 Å². The van der Waals surface area contributed by atoms with Crippen molar-refractivity contribution in [3.05, 3.63) is 84.5 Å². The number of nitrogens with zero attached hydrogens (tertiary/aromatic N) is 4. The lowest BCUT2D eigenvalue weighted by atomic mass is 10.1. The van der Waals surface area contributed by atoms with Crippen LogP contribution < -0.4 is 16.0 Å². The molecule has 31 heavy (non-hydrogen) atoms. The predicted molar refractivity (Wildman–Crippen MR) is 121 cm³/mol. The molecule has 0 spiro atoms. The van der Waals surface area contributed by atoms with Gasteiger partial charge in [-0.2, -0.15) is 4.98 Å². The van der Waals surface area contributed by atoms with E-state index in [0.29, 0.717) is 10.8 Å². The molecular weight excluding hydrogens is 416 g/mol. The first-order valence-electron chi connectivity index (χ1n) is 9.84. The van der Waals surface area contributed by atoms with Crippen LogP contribution in [0.5, 0.6) is 11.8 Å². The third kappa shape index (κ3) is 3.55. The first-order chi connectivity index (χ1) is 14.7. The minimum absolute atomic E-state index is 0.223. The summed E-state index contributed by atoms with van der Waals surface area (Å²) in [6, 6.07) is 11.6. The zero-order valence-electron chi connectivity index (χ0n) is 18.1. The molecule has 7 nitrogen and oxygen atoms in total. The van der Waals surface area contributed by atoms with Crippen molar-refractivity contribution in [1.29, 1.82) is 0 Å². The first kappa shape index (κ1) is 20.9. The second kappa shape index (κ2) is 7.74. The predicted octanol–water partition coefficient (Wildman–Crippen LogP) is 3.85. The van der Waals surface area contributed by atoms with Crippen LogP contribution in [0.4, 0.5) is 0 Å². The zero-order chi connectivity index (χ0) is 22.4. The van der Waals surface area contributed by atoms with Gasteiger partial charge in [-0.3, -0.25) is 18.5 Å². The van der Waals surface area contributed by atoms with E-state index < -0.39 is 11.2 Å². The van der Waals surface area contributed by atoms with Gasteiger partial charge in [0.15, 0.2) is 11.2 Å². The summed E-state index contributed by atoms with van der Waals surface area (Å²) in [6.45, 7) is 6.25. The molecule has 0 saturated carbocycles. The van der Waals surface area contributed by atoms with Crippen LogP contribution >= 0.6 is 11.6 Å². The fourth-order valence-electron chi connectivity index (χ4n) is 3.65. The van der Waals surface area contributed by atoms with E-state index in [-0.39, 0.29) is 23.7 Å². The van der Waals surface area contributed by atoms with Crippen LogP contribution in [0.15, 0.2) is 46.0 Å². The van der Waals surface area contributed by atoms with Crippen LogP contribution in [0, 0.1) is 20.8 Å². The normalized spacial score (nSPS) is 11.3. The molecule has 0 radical (unpaired) electrons. The maximum atomic E-state index is 13.0. The van der Waals surface area contributed by atoms with Crippen molar-refractivity contribution < 1.29 is 4.74 Å². The van der Waals surface area contributed by atoms with Crippen molar-refractivity contribution in [3.63, 3.8) is 0 Å². The first-order valence-corrected chi connectivity index (χ1v) is 10.2. The highest BCUT2D eigenvalue weighted by atomic mass is 35.5. The van der Waals surface area contributed by atoms with Crippen LogP contribution in [-0.4, -0.2) is 18.7 Å². The fraction of sp³-hybridized carbons (Fsp3) is 0.261. The Morgan fingerprint density at radius 2 is 1.74 bits per heavy atom. The number of hydrogen-bond donors (Lipinski definition) is 0. The Morgan fingerprint density at radius 1 is 1.03 bits per heavy atom. The average molecular weight is 439 g/mol. The molecule has 160 valence electrons. The molecule has 0 atom stereocenters. The van der Waals surface area contributed by atoms with Crippen LogP contribution in [0.25, 0.3) is 11.2 Å². The summed E-state index contributed by atoms with van der Waals surface area (Å²) >= 11 is 6.39. The number of benzene rings is 2. The highest BCUT2D eigenvalue weighted by molar-refractivity contribution is 6.31. The molecule has 0 bridgehead atoms. The van der Waals surface area contributed by atoms with Crippen molar-refractivity contribution in [2.24, 2.45) is 14.1 Å². The third-order valence-electron chi connectivity index (χ3n) is 5.56. The van der Waals surface area contributed by atoms with Crippen LogP contribution in [0.1, 0.15) is 22.3 Å². The van der Waals surface area contributed by atoms with Gasteiger partial charge < -0.3 is 4.74 Å². The van der Waals surface area contributed by atoms with E-state index in [2.05, 4.69) is 11.1 Å². The molecule has 4 aromatic rings. The van der Waals surface area contributed by atoms with E-state index in [9.17, 15) is 9.59 Å². The van der Waals surface area contributed by atoms with E-state index in [1.165, 1.54) is 11.6 Å². The number of halogens is 1. The summed E-state index contributed by atoms with van der Waals surface area (Å²) in [7, 11) is 3.04. The van der Waals surface area contributed by atoms with Crippen molar-refractivity contribution in [2.45, 2.75) is 27.3 Å². The van der Waals surface area contributed by atoms with Crippen molar-refractivity contribution in [1.82, 2.24) is 18.7 Å². The molecule has 8 heteroatoms. The molecule has 0 saturated heterocycles. The van der Waals surface area contributed by atoms with Gasteiger partial charge in [0.2, 0.25) is 0 Å². The molecule has 0 N–H and O–H groups in total. The molecule has 2 aromatic heterocycles. The number of rotatable bonds is 4. The fourth-order valence-corrected chi connectivity index (χ4v) is 3.85. The Balaban J connectivity index is 2.00. The number of ether oxygens (including phenoxy) is 1. The molecule has 2 heterocycles. The molecular formula is C23H23ClN4O3. The molecule has 4 rings (SSSR count). The molecule has 0 aliphatic heterocycles. The van der Waals surface area contributed by atoms with Gasteiger partial charge in [-0.1, -0.05) is 35.9 Å². The Morgan fingerprint density at radius 3 is 2.45 bits per heavy atom. The lowest BCUT2D eigenvalue weighted by Crippen LogP contribution is -2.37. The SMILES string of the molecule is Cc1cc(C)c(C)c(Oc2nc3c(c(=O)n(C)c(=O)n3C)n2Cc2ccccc2Cl)c1. The lowest BCUT2D eigenvalue weighted by Gasteiger charge is -2.14. The number of aromatic nitrogens is 4. The minimum Gasteiger partial charge on any atom is -0.425 e. The largest absolute Gasteiger partial charge is 0.425 e. The van der Waals surface area contributed by atoms with Crippen molar-refractivity contribution >= 4 is 22.8 Å². The number of aryl methyl sites for hydroxylation is 3. The van der Waals surface area contributed by atoms with Gasteiger partial charge in [0.25, 0.3) is 5.56 Å². The topological polar surface area (TPSA) is 71.1 Å². The molecule has 2 aromatic carbocycles. The van der Waals surface area contributed by atoms with Crippen molar-refractivity contribution in [2.75, 3.05) is 0 Å². The Labute approximate surface area is 184 Å². The second-order valence-corrected chi connectivity index (χ2v) is 8.16. The van der Waals surface area contributed by atoms with E-state index in [0.717, 1.165) is 26.8 Å². The maximum Gasteiger partial charge on any atom is 0.332 e. The van der Waals surface area contributed by atoms with Gasteiger partial charge in [-0.05, 0) is 55.2 Å². The molecule has 0 aliphatic carbocycles. The smallest absolute Gasteiger partial charge is 0.332 e. The van der Waals surface area contributed by atoms with Crippen LogP contribution in [0.2, 0.25) is 5.02 Å². The number of fused-ring (bicyclic) bond motifs is 1. The molecule has 0 aliphatic rings. The van der Waals surface area contributed by atoms with Gasteiger partial charge in [0, 0.05) is 19.1 Å². The van der Waals surface area contributed by atoms with Gasteiger partial charge in [-0.25, -0.2) is 4.79 Å².